The largest absolute Gasteiger partial charge is 0.328 e. The second-order valence-electron chi connectivity index (χ2n) is 4.16. The Hall–Kier alpha value is -0.0800. The maximum Gasteiger partial charge on any atom is 0.00363 e. The lowest BCUT2D eigenvalue weighted by atomic mass is 9.98. The molecule has 0 saturated carbocycles. The molecule has 2 atom stereocenters. The van der Waals surface area contributed by atoms with E-state index in [4.69, 9.17) is 5.73 Å². The Bertz CT molecular complexity index is 125. The molecule has 0 bridgehead atoms. The van der Waals surface area contributed by atoms with Gasteiger partial charge in [-0.25, -0.2) is 0 Å². The lowest BCUT2D eigenvalue weighted by Crippen LogP contribution is -2.20. The number of rotatable bonds is 4. The Balaban J connectivity index is 2.07. The molecular formula is C10H22N2. The van der Waals surface area contributed by atoms with E-state index >= 15 is 0 Å². The summed E-state index contributed by atoms with van der Waals surface area (Å²) in [6.45, 7) is 4.74. The molecule has 1 heterocycles. The average Bonchev–Trinajstić information content (AvgIpc) is 2.47. The van der Waals surface area contributed by atoms with Crippen LogP contribution in [0.15, 0.2) is 0 Å². The molecule has 1 rings (SSSR count). The van der Waals surface area contributed by atoms with Crippen molar-refractivity contribution in [3.05, 3.63) is 0 Å². The fourth-order valence-electron chi connectivity index (χ4n) is 1.92. The lowest BCUT2D eigenvalue weighted by Gasteiger charge is -2.13. The van der Waals surface area contributed by atoms with E-state index in [1.54, 1.807) is 0 Å². The molecule has 0 aromatic rings. The van der Waals surface area contributed by atoms with E-state index in [0.717, 1.165) is 12.3 Å². The van der Waals surface area contributed by atoms with E-state index in [9.17, 15) is 0 Å². The lowest BCUT2D eigenvalue weighted by molar-refractivity contribution is 0.377. The van der Waals surface area contributed by atoms with Crippen molar-refractivity contribution in [2.24, 2.45) is 11.7 Å². The highest BCUT2D eigenvalue weighted by atomic mass is 15.1. The number of hydrogen-bond acceptors (Lipinski definition) is 2. The Morgan fingerprint density at radius 1 is 1.58 bits per heavy atom. The van der Waals surface area contributed by atoms with Gasteiger partial charge in [-0.15, -0.1) is 0 Å². The van der Waals surface area contributed by atoms with Gasteiger partial charge < -0.3 is 10.6 Å². The minimum atomic E-state index is 0.441. The molecule has 1 fully saturated rings. The van der Waals surface area contributed by atoms with Crippen molar-refractivity contribution in [3.8, 4) is 0 Å². The summed E-state index contributed by atoms with van der Waals surface area (Å²) in [5.41, 5.74) is 5.87. The van der Waals surface area contributed by atoms with Gasteiger partial charge in [0, 0.05) is 12.6 Å². The van der Waals surface area contributed by atoms with Crippen molar-refractivity contribution in [1.82, 2.24) is 4.90 Å². The highest BCUT2D eigenvalue weighted by molar-refractivity contribution is 4.74. The molecule has 2 nitrogen and oxygen atoms in total. The predicted molar refractivity (Wildman–Crippen MR) is 53.1 cm³/mol. The Morgan fingerprint density at radius 2 is 2.33 bits per heavy atom. The molecule has 0 aliphatic carbocycles. The van der Waals surface area contributed by atoms with Crippen LogP contribution in [-0.2, 0) is 0 Å². The van der Waals surface area contributed by atoms with E-state index < -0.39 is 0 Å². The first-order valence-electron chi connectivity index (χ1n) is 5.16. The van der Waals surface area contributed by atoms with Gasteiger partial charge in [-0.2, -0.15) is 0 Å². The van der Waals surface area contributed by atoms with Crippen molar-refractivity contribution < 1.29 is 0 Å². The Kier molecular flexibility index (Phi) is 4.02. The second-order valence-corrected chi connectivity index (χ2v) is 4.16. The van der Waals surface area contributed by atoms with Crippen LogP contribution < -0.4 is 5.73 Å². The Labute approximate surface area is 76.1 Å². The summed E-state index contributed by atoms with van der Waals surface area (Å²) in [5.74, 6) is 0.924. The van der Waals surface area contributed by atoms with Gasteiger partial charge in [-0.3, -0.25) is 0 Å². The van der Waals surface area contributed by atoms with Crippen LogP contribution in [0.2, 0.25) is 0 Å². The minimum absolute atomic E-state index is 0.441. The molecule has 0 aromatic carbocycles. The predicted octanol–water partition coefficient (Wildman–Crippen LogP) is 1.46. The summed E-state index contributed by atoms with van der Waals surface area (Å²) in [6, 6.07) is 0.441. The topological polar surface area (TPSA) is 29.3 Å². The van der Waals surface area contributed by atoms with E-state index in [-0.39, 0.29) is 0 Å². The number of nitrogens with two attached hydrogens (primary N) is 1. The zero-order valence-corrected chi connectivity index (χ0v) is 8.42. The van der Waals surface area contributed by atoms with Crippen molar-refractivity contribution >= 4 is 0 Å². The van der Waals surface area contributed by atoms with E-state index in [2.05, 4.69) is 18.9 Å². The van der Waals surface area contributed by atoms with E-state index in [0.29, 0.717) is 6.04 Å². The first-order chi connectivity index (χ1) is 5.72. The van der Waals surface area contributed by atoms with Crippen LogP contribution in [0.1, 0.15) is 32.6 Å². The zero-order chi connectivity index (χ0) is 8.97. The summed E-state index contributed by atoms with van der Waals surface area (Å²) in [7, 11) is 2.21. The molecule has 0 radical (unpaired) electrons. The quantitative estimate of drug-likeness (QED) is 0.692. The number of hydrogen-bond donors (Lipinski definition) is 1. The van der Waals surface area contributed by atoms with Gasteiger partial charge >= 0.3 is 0 Å². The molecule has 72 valence electrons. The highest BCUT2D eigenvalue weighted by Gasteiger charge is 2.19. The van der Waals surface area contributed by atoms with Gasteiger partial charge in [-0.1, -0.05) is 6.92 Å². The van der Waals surface area contributed by atoms with E-state index in [1.807, 2.05) is 0 Å². The van der Waals surface area contributed by atoms with Crippen LogP contribution in [-0.4, -0.2) is 31.1 Å². The fraction of sp³-hybridized carbons (Fsp3) is 1.00. The molecule has 0 amide bonds. The van der Waals surface area contributed by atoms with Crippen LogP contribution in [0, 0.1) is 5.92 Å². The molecule has 1 aliphatic rings. The third-order valence-electron chi connectivity index (χ3n) is 2.96. The van der Waals surface area contributed by atoms with Crippen molar-refractivity contribution in [1.29, 1.82) is 0 Å². The summed E-state index contributed by atoms with van der Waals surface area (Å²) < 4.78 is 0. The minimum Gasteiger partial charge on any atom is -0.328 e. The van der Waals surface area contributed by atoms with Crippen LogP contribution >= 0.6 is 0 Å². The monoisotopic (exact) mass is 170 g/mol. The third kappa shape index (κ3) is 3.11. The van der Waals surface area contributed by atoms with Gasteiger partial charge in [0.1, 0.15) is 0 Å². The molecule has 0 aromatic heterocycles. The summed E-state index contributed by atoms with van der Waals surface area (Å²) in [6.07, 6.45) is 5.06. The molecular weight excluding hydrogens is 148 g/mol. The summed E-state index contributed by atoms with van der Waals surface area (Å²) >= 11 is 0. The Morgan fingerprint density at radius 3 is 2.83 bits per heavy atom. The maximum absolute atomic E-state index is 5.87. The average molecular weight is 170 g/mol. The first-order valence-corrected chi connectivity index (χ1v) is 5.16. The number of nitrogens with zero attached hydrogens (tertiary/aromatic N) is 1. The molecule has 2 N–H and O–H groups in total. The maximum atomic E-state index is 5.87. The normalized spacial score (nSPS) is 27.8. The molecule has 1 aliphatic heterocycles. The fourth-order valence-corrected chi connectivity index (χ4v) is 1.92. The summed E-state index contributed by atoms with van der Waals surface area (Å²) in [4.78, 5) is 2.42. The smallest absolute Gasteiger partial charge is 0.00363 e. The summed E-state index contributed by atoms with van der Waals surface area (Å²) in [5, 5.41) is 0. The van der Waals surface area contributed by atoms with E-state index in [1.165, 1.54) is 32.4 Å². The highest BCUT2D eigenvalue weighted by Crippen LogP contribution is 2.20. The van der Waals surface area contributed by atoms with Gasteiger partial charge in [-0.05, 0) is 45.2 Å². The van der Waals surface area contributed by atoms with Gasteiger partial charge in [0.05, 0.1) is 0 Å². The van der Waals surface area contributed by atoms with Crippen LogP contribution in [0.5, 0.6) is 0 Å². The molecule has 1 saturated heterocycles. The van der Waals surface area contributed by atoms with Crippen LogP contribution in [0.25, 0.3) is 0 Å². The zero-order valence-electron chi connectivity index (χ0n) is 8.42. The van der Waals surface area contributed by atoms with Crippen molar-refractivity contribution in [3.63, 3.8) is 0 Å². The second kappa shape index (κ2) is 4.83. The molecule has 2 heteroatoms. The van der Waals surface area contributed by atoms with Crippen LogP contribution in [0.3, 0.4) is 0 Å². The van der Waals surface area contributed by atoms with Crippen molar-refractivity contribution in [2.45, 2.75) is 38.6 Å². The SMILES string of the molecule is CCC(N)CCC1CCN(C)C1. The van der Waals surface area contributed by atoms with Gasteiger partial charge in [0.25, 0.3) is 0 Å². The number of likely N-dealkylation sites (tertiary alicyclic amines) is 1. The van der Waals surface area contributed by atoms with Gasteiger partial charge in [0.15, 0.2) is 0 Å². The standard InChI is InChI=1S/C10H22N2/c1-3-10(11)5-4-9-6-7-12(2)8-9/h9-10H,3-8,11H2,1-2H3. The van der Waals surface area contributed by atoms with Gasteiger partial charge in [0.2, 0.25) is 0 Å². The third-order valence-corrected chi connectivity index (χ3v) is 2.96. The van der Waals surface area contributed by atoms with Crippen molar-refractivity contribution in [2.75, 3.05) is 20.1 Å². The molecule has 2 unspecified atom stereocenters. The van der Waals surface area contributed by atoms with Crippen LogP contribution in [0.4, 0.5) is 0 Å². The molecule has 12 heavy (non-hydrogen) atoms. The molecule has 0 spiro atoms. The first kappa shape index (κ1) is 10.0.